The minimum atomic E-state index is -5.22. The van der Waals surface area contributed by atoms with Crippen molar-refractivity contribution in [3.8, 4) is 0 Å². The van der Waals surface area contributed by atoms with Gasteiger partial charge in [-0.2, -0.15) is 26.3 Å². The molecular weight excluding hydrogens is 630 g/mol. The number of hydrogen-bond donors (Lipinski definition) is 2. The van der Waals surface area contributed by atoms with Gasteiger partial charge in [-0.05, 0) is 104 Å². The Labute approximate surface area is 530 Å². The average Bonchev–Trinajstić information content (AvgIpc) is 3.41. The van der Waals surface area contributed by atoms with Crippen molar-refractivity contribution in [3.05, 3.63) is 40.0 Å². The molecule has 3 aliphatic carbocycles. The summed E-state index contributed by atoms with van der Waals surface area (Å²) >= 11 is 0. The van der Waals surface area contributed by atoms with Crippen LogP contribution in [0.15, 0.2) is 23.3 Å². The number of carbonyl (C=O) groups is 2. The van der Waals surface area contributed by atoms with Gasteiger partial charge in [0.1, 0.15) is 5.56 Å². The molecule has 48 heavy (non-hydrogen) atoms. The van der Waals surface area contributed by atoms with E-state index in [4.69, 9.17) is 4.24 Å². The highest BCUT2D eigenvalue weighted by atomic mass is 19.4. The molecule has 7 atom stereocenters. The van der Waals surface area contributed by atoms with Gasteiger partial charge in [-0.25, -0.2) is 10.1 Å². The zero-order valence-electron chi connectivity index (χ0n) is 33.0. The van der Waals surface area contributed by atoms with Gasteiger partial charge in [-0.15, -0.1) is 0 Å². The van der Waals surface area contributed by atoms with Gasteiger partial charge in [0.25, 0.3) is 0 Å². The summed E-state index contributed by atoms with van der Waals surface area (Å²) in [7, 11) is 0. The maximum absolute atomic E-state index is 14.9. The number of quaternary nitrogens is 1. The quantitative estimate of drug-likeness (QED) is 0.233. The molecular formula is C38H383F6N2O2+. The van der Waals surface area contributed by atoms with E-state index in [9.17, 15) is 35.9 Å². The number of carbonyl (C=O) groups excluding carboxylic acids is 2. The third kappa shape index (κ3) is 4.65. The molecule has 1 heterocycles. The lowest BCUT2D eigenvalue weighted by molar-refractivity contribution is -0.493. The molecule has 3 N–H and O–H groups in total. The van der Waals surface area contributed by atoms with Crippen molar-refractivity contribution in [3.63, 3.8) is 0 Å². The summed E-state index contributed by atoms with van der Waals surface area (Å²) in [6, 6.07) is 0.149. The first kappa shape index (κ1) is 32.8. The van der Waals surface area contributed by atoms with Gasteiger partial charge in [-0.3, -0.25) is 4.79 Å². The maximum Gasteiger partial charge on any atom is 0.422 e. The van der Waals surface area contributed by atoms with Crippen LogP contribution in [0, 0.1) is 64.1 Å². The number of nitrogens with one attached hydrogen (secondary N) is 1. The lowest BCUT2D eigenvalue weighted by atomic mass is 9.30. The Morgan fingerprint density at radius 3 is 2.02 bits per heavy atom. The summed E-state index contributed by atoms with van der Waals surface area (Å²) in [5.74, 6) is -3.11. The molecule has 10 heteroatoms. The van der Waals surface area contributed by atoms with Crippen LogP contribution in [0.3, 0.4) is 0 Å². The molecule has 0 aromatic heterocycles. The van der Waals surface area contributed by atoms with Crippen molar-refractivity contribution in [2.45, 2.75) is 120 Å². The van der Waals surface area contributed by atoms with Gasteiger partial charge < -0.3 is 5.31 Å². The molecule has 2 amide bonds. The Morgan fingerprint density at radius 1 is 0.938 bits per heavy atom. The first-order valence-corrected chi connectivity index (χ1v) is 17.3. The van der Waals surface area contributed by atoms with E-state index in [1.807, 2.05) is 20.8 Å². The van der Waals surface area contributed by atoms with E-state index >= 15 is 0 Å². The Hall–Kier alpha value is -2.36. The van der Waals surface area contributed by atoms with Crippen molar-refractivity contribution >= 4 is 17.5 Å². The Kier molecular flexibility index (Phi) is 7.74. The van der Waals surface area contributed by atoms with Crippen molar-refractivity contribution in [1.29, 1.82) is 0 Å². The highest BCUT2D eigenvalue weighted by Gasteiger charge is 2.77. The maximum atomic E-state index is 14.9. The summed E-state index contributed by atoms with van der Waals surface area (Å²) in [6.07, 6.45) is -8.42. The third-order valence-corrected chi connectivity index (χ3v) is 14.5. The van der Waals surface area contributed by atoms with E-state index in [2.05, 4.69) is 41.5 Å². The van der Waals surface area contributed by atoms with Crippen LogP contribution in [0.4, 0.5) is 32.0 Å². The normalized spacial score (nSPS) is 36.0. The first-order chi connectivity index (χ1) is 23.0. The van der Waals surface area contributed by atoms with Gasteiger partial charge in [0, 0.05) is 258 Å². The number of rotatable bonds is 4. The van der Waals surface area contributed by atoms with Gasteiger partial charge in [0.05, 0.1) is 11.5 Å². The molecule has 1 aromatic rings. The zero-order chi connectivity index (χ0) is 39.0. The number of amides is 2. The lowest BCUT2D eigenvalue weighted by Crippen LogP contribution is -2.86. The van der Waals surface area contributed by atoms with E-state index in [1.54, 1.807) is 6.92 Å². The largest absolute Gasteiger partial charge is 0.422 e. The van der Waals surface area contributed by atoms with Crippen LogP contribution in [0.1, 0.15) is 347 Å². The van der Waals surface area contributed by atoms with E-state index in [1.165, 1.54) is 0 Å². The number of fused-ring (bicyclic) bond motifs is 5. The summed E-state index contributed by atoms with van der Waals surface area (Å²) in [4.78, 5) is 28.2. The SMILES string of the molecule is [2H]N1C(=O)C(C)=C(C)[C@]2(C(C)C)[C@@H]3[C@@H](CC[C@@H]12)[C@@H]1CC[C@H](C(=O)[N+]([2H])([2H])c2c(C(F)(F)F)ccc(C(F)(F)F)c2C)[C@@]1(C(C)C)C(C)(C)C3(C)C.[HH].[HH].[HH].[HH].[HH].[HH].[HH].[HH].[HH].[HH].[HH].[HH].[HH].[HH].[HH].[HH].[HH].[HH].[HH].[HH].[HH].[HH].[HH].[HH].[HH].[HH].[HH].[HH].[HH].[HH].[HH].[HH].[HH].[HH].[HH].[HH].[HH].[HH].[HH].[HH].[HH].[HH].[HH].[HH].[HH].[HH].[HH].[HH].[HH].[HH].[HH].[HH].[HH].[HH].[HH].[HH].[HH].[HH].[HH].[HH].[HH].[HH].[HH].[HH].[HH].[HH].[HH].[HH].[HH].[HH].[HH].[HH].[HH].[HH].[HH].[HH].[HH].[HH].[HH].[HH].[HH].[HH].[HH].[HH].[HH].[HH].[HH].[HH].[HH].[HH].[HH].[HH].[HH].[HH].[HH].[HH].[HH].[HH].[HH].[HH].[HH].[HH].[HH].[HH].[HH].[HH].[HH].[HH].[HH].[HH].[HH].[HH].[HH].[HH].[HH].[HH].[HH].[HH].[HH].[HH].[HH].[HH].[HH].[HH].[HH].[HH].[HH].[HH].[HH].[HH].[HH].[HH].[HH].[HH].[HH].[HH].[HH].[HH].[HH].[HH].[HH].[HH].[HH].[HH].[HH].[HH].[HH].[HH].[HH].[HH].[HH].[HH].[HH].[HH].[HH].[HH].[HH].[HH].[HH].[HH].[HH].[HH].[HH].[HH].[HH]. The molecule has 0 bridgehead atoms. The zero-order valence-corrected chi connectivity index (χ0v) is 30.0. The molecule has 1 aromatic carbocycles. The Balaban J connectivity index is -0.00000000115. The topological polar surface area (TPSA) is 62.8 Å². The van der Waals surface area contributed by atoms with Gasteiger partial charge in [0.15, 0.2) is 7.10 Å². The molecule has 1 aliphatic heterocycles. The predicted molar refractivity (Wildman–Crippen MR) is 521 cm³/mol. The minimum absolute atomic E-state index is 0. The predicted octanol–water partition coefficient (Wildman–Crippen LogP) is 49.6. The van der Waals surface area contributed by atoms with Crippen LogP contribution in [0.2, 0.25) is 4.24 Å². The molecule has 0 unspecified atom stereocenters. The van der Waals surface area contributed by atoms with Gasteiger partial charge in [0.2, 0.25) is 5.91 Å². The van der Waals surface area contributed by atoms with Crippen LogP contribution >= 0.6 is 0 Å². The highest BCUT2D eigenvalue weighted by molar-refractivity contribution is 5.95. The molecule has 4 aliphatic rings. The number of primary amides is 1. The number of halogens is 6. The second-order valence-electron chi connectivity index (χ2n) is 16.8. The number of benzene rings is 1. The smallest absolute Gasteiger partial charge is 0.349 e. The van der Waals surface area contributed by atoms with Gasteiger partial charge >= 0.3 is 21.1 Å². The van der Waals surface area contributed by atoms with Crippen molar-refractivity contribution in [2.24, 2.45) is 57.2 Å². The second-order valence-corrected chi connectivity index (χ2v) is 16.8. The van der Waals surface area contributed by atoms with E-state index < -0.39 is 73.5 Å². The fourth-order valence-electron chi connectivity index (χ4n) is 12.4. The fourth-order valence-corrected chi connectivity index (χ4v) is 12.4. The molecule has 0 saturated heterocycles. The van der Waals surface area contributed by atoms with Gasteiger partial charge in [-0.1, -0.05) is 61.0 Å². The van der Waals surface area contributed by atoms with Crippen molar-refractivity contribution in [1.82, 2.24) is 5.31 Å². The lowest BCUT2D eigenvalue weighted by Gasteiger charge is -2.74. The second kappa shape index (κ2) is 11.3. The van der Waals surface area contributed by atoms with Crippen molar-refractivity contribution in [2.75, 3.05) is 0 Å². The standard InChI is InChI=1S/C38H52F6N2O2.165H2/c1-18(2)35-22(7)20(5)31(47)45-28(35)17-12-23-25-14-16-27(36(25,19(3)4)34(10,11)33(8,9)30(23)35)32(48)46-29-21(6)24(37(39,40)41)13-15-26(29)38(42,43)44;;;;;;;;;;;;;;;;;;;;;;;;;;;;;;;;;;;;;;;;;;;;;;;;;;;;;;;;;;;;;;;;;;;;;;;;;;;;;;;;;;;;;;;;;;;;;;;;;;;;;;;;;;;;;;;;;;;;;;;;;;;;;;;;;;;;;;;;;;;;;;;;;;;;;;;;;;;;;;;;;;;;;/h13,15,18-19,23,25,27-28,30H,12,14,16-17H2,1-11H3,(H,45,47)(H,46,48);165*1H/p+1/t23-,25-,27+,28+,30+,35-,36-;;;;;;;;;;;;;;;;;;;;;;;;;;;;;;;;;;;;;;;;;;;;;;;;;;;;;;;;;;;;;;;;;;;;;;;;;;;;;;;;;;;;;;;;;;;;;;;;;;;;;;;;;;;;;;;;;;;;;;;;;;;;;;;;;;;;;;;;;;;;;;;;;;;;;;;;;;;;;;;;;;;;;/m0...................................................................................................................................................................../s1/i/hD3. The van der Waals surface area contributed by atoms with E-state index in [-0.39, 0.29) is 289 Å². The number of nitrogens with two attached hydrogens (primary N) is 1. The molecule has 3 saturated carbocycles. The summed E-state index contributed by atoms with van der Waals surface area (Å²) in [5, 5.41) is -1.30. The van der Waals surface area contributed by atoms with Crippen LogP contribution < -0.4 is 10.6 Å². The Bertz CT molecular complexity index is 1810. The third-order valence-electron chi connectivity index (χ3n) is 14.5. The monoisotopic (exact) mass is 1020 g/mol. The average molecular weight is 1020 g/mol. The molecule has 5 rings (SSSR count). The van der Waals surface area contributed by atoms with E-state index in [0.717, 1.165) is 17.8 Å². The summed E-state index contributed by atoms with van der Waals surface area (Å²) < 4.78 is 113. The number of hydrogen-bond acceptors (Lipinski definition) is 2. The van der Waals surface area contributed by atoms with E-state index in [0.29, 0.717) is 30.9 Å². The van der Waals surface area contributed by atoms with Crippen molar-refractivity contribution < 1.29 is 281 Å². The van der Waals surface area contributed by atoms with Crippen LogP contribution in [0.25, 0.3) is 0 Å². The fraction of sp³-hybridized carbons (Fsp3) is 0.737. The van der Waals surface area contributed by atoms with Crippen LogP contribution in [-0.2, 0) is 21.9 Å². The van der Waals surface area contributed by atoms with Crippen LogP contribution in [-0.4, -0.2) is 17.9 Å². The summed E-state index contributed by atoms with van der Waals surface area (Å²) in [5.41, 5.74) is -6.75. The summed E-state index contributed by atoms with van der Waals surface area (Å²) in [6.45, 7) is 21.2. The highest BCUT2D eigenvalue weighted by Crippen LogP contribution is 2.79. The minimum Gasteiger partial charge on any atom is -0.349 e. The molecule has 4 nitrogen and oxygen atoms in total. The Morgan fingerprint density at radius 2 is 1.50 bits per heavy atom. The molecule has 598 valence electrons. The molecule has 0 radical (unpaired) electrons. The molecule has 0 spiro atoms. The van der Waals surface area contributed by atoms with Crippen LogP contribution in [0.5, 0.6) is 0 Å². The molecule has 3 fully saturated rings. The number of alkyl halides is 6. The first-order valence-electron chi connectivity index (χ1n) is 18.6.